The Labute approximate surface area is 269 Å². The minimum absolute atomic E-state index is 0.0513. The van der Waals surface area contributed by atoms with Gasteiger partial charge in [0.1, 0.15) is 5.54 Å². The number of nitrogens with one attached hydrogen (secondary N) is 2. The number of rotatable bonds is 10. The van der Waals surface area contributed by atoms with Crippen LogP contribution in [0.4, 0.5) is 5.82 Å². The van der Waals surface area contributed by atoms with Gasteiger partial charge in [-0.25, -0.2) is 4.68 Å². The van der Waals surface area contributed by atoms with Crippen LogP contribution in [0.2, 0.25) is 0 Å². The molecule has 7 nitrogen and oxygen atoms in total. The third kappa shape index (κ3) is 5.43. The van der Waals surface area contributed by atoms with Crippen LogP contribution in [0, 0.1) is 0 Å². The predicted octanol–water partition coefficient (Wildman–Crippen LogP) is 6.89. The van der Waals surface area contributed by atoms with E-state index in [-0.39, 0.29) is 24.5 Å². The Bertz CT molecular complexity index is 1810. The van der Waals surface area contributed by atoms with Crippen molar-refractivity contribution >= 4 is 22.6 Å². The maximum Gasteiger partial charge on any atom is 0.226 e. The van der Waals surface area contributed by atoms with E-state index in [9.17, 15) is 4.79 Å². The molecule has 1 amide bonds. The van der Waals surface area contributed by atoms with E-state index >= 15 is 0 Å². The predicted molar refractivity (Wildman–Crippen MR) is 182 cm³/mol. The molecule has 2 N–H and O–H groups in total. The van der Waals surface area contributed by atoms with Gasteiger partial charge in [0, 0.05) is 19.9 Å². The lowest BCUT2D eigenvalue weighted by Crippen LogP contribution is -2.38. The molecule has 6 aromatic rings. The highest BCUT2D eigenvalue weighted by molar-refractivity contribution is 5.91. The summed E-state index contributed by atoms with van der Waals surface area (Å²) in [5, 5.41) is 12.7. The first-order valence-electron chi connectivity index (χ1n) is 15.9. The topological polar surface area (TPSA) is 81.1 Å². The maximum atomic E-state index is 13.7. The number of carbonyl (C=O) groups excluding carboxylic acids is 1. The number of fused-ring (bicyclic) bond motifs is 1. The highest BCUT2D eigenvalue weighted by Crippen LogP contribution is 2.43. The van der Waals surface area contributed by atoms with Crippen molar-refractivity contribution in [2.75, 3.05) is 19.0 Å². The van der Waals surface area contributed by atoms with Gasteiger partial charge in [-0.2, -0.15) is 5.10 Å². The number of ether oxygens (including phenoxy) is 1. The fourth-order valence-corrected chi connectivity index (χ4v) is 6.80. The first kappa shape index (κ1) is 29.4. The van der Waals surface area contributed by atoms with Gasteiger partial charge in [-0.3, -0.25) is 9.78 Å². The number of amides is 1. The van der Waals surface area contributed by atoms with Gasteiger partial charge in [0.15, 0.2) is 5.82 Å². The molecule has 4 aromatic carbocycles. The zero-order valence-electron chi connectivity index (χ0n) is 25.8. The highest BCUT2D eigenvalue weighted by Gasteiger charge is 2.41. The summed E-state index contributed by atoms with van der Waals surface area (Å²) < 4.78 is 8.12. The Hall–Kier alpha value is -5.27. The number of hydrogen-bond acceptors (Lipinski definition) is 5. The Kier molecular flexibility index (Phi) is 8.31. The second-order valence-corrected chi connectivity index (χ2v) is 11.7. The lowest BCUT2D eigenvalue weighted by Gasteiger charge is -2.37. The average Bonchev–Trinajstić information content (AvgIpc) is 3.78. The quantitative estimate of drug-likeness (QED) is 0.166. The van der Waals surface area contributed by atoms with Crippen molar-refractivity contribution < 1.29 is 9.53 Å². The molecule has 0 radical (unpaired) electrons. The summed E-state index contributed by atoms with van der Waals surface area (Å²) >= 11 is 0. The zero-order valence-corrected chi connectivity index (χ0v) is 25.8. The van der Waals surface area contributed by atoms with Gasteiger partial charge in [-0.05, 0) is 41.2 Å². The molecule has 0 bridgehead atoms. The van der Waals surface area contributed by atoms with Crippen LogP contribution >= 0.6 is 0 Å². The van der Waals surface area contributed by atoms with Crippen LogP contribution in [0.3, 0.4) is 0 Å². The zero-order chi connectivity index (χ0) is 31.3. The molecule has 46 heavy (non-hydrogen) atoms. The Morgan fingerprint density at radius 1 is 0.870 bits per heavy atom. The van der Waals surface area contributed by atoms with E-state index in [0.717, 1.165) is 46.0 Å². The number of carbonyl (C=O) groups is 1. The van der Waals surface area contributed by atoms with Crippen LogP contribution in [0.25, 0.3) is 10.9 Å². The molecule has 1 saturated heterocycles. The minimum atomic E-state index is -0.809. The van der Waals surface area contributed by atoms with Crippen LogP contribution in [-0.2, 0) is 21.5 Å². The molecular formula is C39H37N5O2. The second kappa shape index (κ2) is 13.0. The standard InChI is InChI=1S/C39H37N5O2/c1-40-38-33-27-41-32(26-36(45)42-37(35-23-14-24-46-35)28-15-6-2-7-16-28)25-34(33)44(43-38)39(29-17-8-3-9-18-29,30-19-10-4-11-20-30)31-21-12-5-13-22-31/h2-13,15-22,25,27,35,37H,14,23-24,26H2,1H3,(H,40,43)(H,42,45)/t35-,37-/m0/s1. The van der Waals surface area contributed by atoms with Gasteiger partial charge >= 0.3 is 0 Å². The van der Waals surface area contributed by atoms with E-state index in [1.54, 1.807) is 0 Å². The van der Waals surface area contributed by atoms with Crippen LogP contribution in [0.5, 0.6) is 0 Å². The van der Waals surface area contributed by atoms with Crippen LogP contribution in [0.1, 0.15) is 46.8 Å². The second-order valence-electron chi connectivity index (χ2n) is 11.7. The van der Waals surface area contributed by atoms with E-state index in [1.165, 1.54) is 0 Å². The molecule has 1 aliphatic rings. The first-order chi connectivity index (χ1) is 22.7. The minimum Gasteiger partial charge on any atom is -0.376 e. The SMILES string of the molecule is CNc1nn(C(c2ccccc2)(c2ccccc2)c2ccccc2)c2cc(CC(=O)N[C@@H](c3ccccc3)[C@@H]3CCCO3)ncc12. The third-order valence-corrected chi connectivity index (χ3v) is 8.90. The molecule has 1 aliphatic heterocycles. The number of anilines is 1. The number of pyridine rings is 1. The molecule has 2 atom stereocenters. The van der Waals surface area contributed by atoms with Crippen molar-refractivity contribution in [3.8, 4) is 0 Å². The third-order valence-electron chi connectivity index (χ3n) is 8.90. The number of hydrogen-bond donors (Lipinski definition) is 2. The Morgan fingerprint density at radius 3 is 1.96 bits per heavy atom. The van der Waals surface area contributed by atoms with Gasteiger partial charge < -0.3 is 15.4 Å². The maximum absolute atomic E-state index is 13.7. The summed E-state index contributed by atoms with van der Waals surface area (Å²) in [4.78, 5) is 18.4. The van der Waals surface area contributed by atoms with Gasteiger partial charge in [0.2, 0.25) is 5.91 Å². The van der Waals surface area contributed by atoms with Crippen molar-refractivity contribution in [2.45, 2.75) is 36.9 Å². The molecule has 230 valence electrons. The van der Waals surface area contributed by atoms with E-state index < -0.39 is 5.54 Å². The summed E-state index contributed by atoms with van der Waals surface area (Å²) in [6.45, 7) is 0.714. The molecule has 7 heteroatoms. The molecule has 3 heterocycles. The van der Waals surface area contributed by atoms with Gasteiger partial charge in [0.05, 0.1) is 35.2 Å². The Balaban J connectivity index is 1.35. The number of nitrogens with zero attached hydrogens (tertiary/aromatic N) is 3. The summed E-state index contributed by atoms with van der Waals surface area (Å²) in [7, 11) is 1.87. The van der Waals surface area contributed by atoms with E-state index in [4.69, 9.17) is 14.8 Å². The van der Waals surface area contributed by atoms with Crippen molar-refractivity contribution in [1.82, 2.24) is 20.1 Å². The summed E-state index contributed by atoms with van der Waals surface area (Å²) in [5.74, 6) is 0.616. The average molecular weight is 608 g/mol. The van der Waals surface area contributed by atoms with Crippen LogP contribution < -0.4 is 10.6 Å². The number of benzene rings is 4. The summed E-state index contributed by atoms with van der Waals surface area (Å²) in [6.07, 6.45) is 3.81. The summed E-state index contributed by atoms with van der Waals surface area (Å²) in [5.41, 5.74) is 4.97. The monoisotopic (exact) mass is 607 g/mol. The molecule has 0 aliphatic carbocycles. The lowest BCUT2D eigenvalue weighted by atomic mass is 9.77. The van der Waals surface area contributed by atoms with Gasteiger partial charge in [0.25, 0.3) is 0 Å². The first-order valence-corrected chi connectivity index (χ1v) is 15.9. The van der Waals surface area contributed by atoms with Gasteiger partial charge in [-0.1, -0.05) is 121 Å². The molecule has 2 aromatic heterocycles. The fourth-order valence-electron chi connectivity index (χ4n) is 6.80. The van der Waals surface area contributed by atoms with Crippen molar-refractivity contribution in [3.05, 3.63) is 162 Å². The molecule has 1 fully saturated rings. The van der Waals surface area contributed by atoms with Crippen molar-refractivity contribution in [1.29, 1.82) is 0 Å². The smallest absolute Gasteiger partial charge is 0.226 e. The van der Waals surface area contributed by atoms with Crippen LogP contribution in [0.15, 0.2) is 134 Å². The molecule has 0 saturated carbocycles. The van der Waals surface area contributed by atoms with Crippen molar-refractivity contribution in [3.63, 3.8) is 0 Å². The summed E-state index contributed by atoms with van der Waals surface area (Å²) in [6, 6.07) is 43.2. The van der Waals surface area contributed by atoms with Crippen LogP contribution in [-0.4, -0.2) is 40.4 Å². The lowest BCUT2D eigenvalue weighted by molar-refractivity contribution is -0.122. The van der Waals surface area contributed by atoms with Gasteiger partial charge in [-0.15, -0.1) is 0 Å². The highest BCUT2D eigenvalue weighted by atomic mass is 16.5. The fraction of sp³-hybridized carbons (Fsp3) is 0.205. The molecule has 0 unspecified atom stereocenters. The molecule has 7 rings (SSSR count). The van der Waals surface area contributed by atoms with E-state index in [1.807, 2.05) is 67.8 Å². The normalized spacial score (nSPS) is 15.5. The molecule has 0 spiro atoms. The largest absolute Gasteiger partial charge is 0.376 e. The van der Waals surface area contributed by atoms with Crippen molar-refractivity contribution in [2.24, 2.45) is 0 Å². The Morgan fingerprint density at radius 2 is 1.43 bits per heavy atom. The van der Waals surface area contributed by atoms with E-state index in [0.29, 0.717) is 18.1 Å². The molecular weight excluding hydrogens is 570 g/mol. The number of aromatic nitrogens is 3. The van der Waals surface area contributed by atoms with E-state index in [2.05, 4.69) is 88.1 Å².